The van der Waals surface area contributed by atoms with Crippen LogP contribution in [-0.4, -0.2) is 55.0 Å². The first-order valence-electron chi connectivity index (χ1n) is 11.5. The van der Waals surface area contributed by atoms with Crippen LogP contribution in [0.5, 0.6) is 0 Å². The summed E-state index contributed by atoms with van der Waals surface area (Å²) in [5, 5.41) is 3.39. The average Bonchev–Trinajstić information content (AvgIpc) is 2.74. The summed E-state index contributed by atoms with van der Waals surface area (Å²) in [4.78, 5) is 16.4. The Bertz CT molecular complexity index is 600. The fourth-order valence-electron chi connectivity index (χ4n) is 4.33. The molecule has 1 atom stereocenters. The maximum Gasteiger partial charge on any atom is 0.219 e. The summed E-state index contributed by atoms with van der Waals surface area (Å²) in [5.74, 6) is 0.683. The molecule has 1 aliphatic rings. The SMILES string of the molecule is CCC(CC)CN(CCCCCC(c1ccccc1F)N1CCNCC1)C(C)=O. The van der Waals surface area contributed by atoms with Gasteiger partial charge in [0.05, 0.1) is 0 Å². The van der Waals surface area contributed by atoms with E-state index in [1.165, 1.54) is 0 Å². The predicted molar refractivity (Wildman–Crippen MR) is 118 cm³/mol. The molecule has 1 saturated heterocycles. The van der Waals surface area contributed by atoms with E-state index in [1.807, 2.05) is 17.0 Å². The second-order valence-electron chi connectivity index (χ2n) is 8.32. The van der Waals surface area contributed by atoms with Gasteiger partial charge in [-0.1, -0.05) is 57.7 Å². The first kappa shape index (κ1) is 23.8. The predicted octanol–water partition coefficient (Wildman–Crippen LogP) is 4.62. The lowest BCUT2D eigenvalue weighted by atomic mass is 9.97. The molecular formula is C24H40FN3O. The Morgan fingerprint density at radius 3 is 2.45 bits per heavy atom. The fraction of sp³-hybridized carbons (Fsp3) is 0.708. The Morgan fingerprint density at radius 1 is 1.14 bits per heavy atom. The van der Waals surface area contributed by atoms with Crippen molar-refractivity contribution in [2.24, 2.45) is 5.92 Å². The molecule has 0 radical (unpaired) electrons. The van der Waals surface area contributed by atoms with Gasteiger partial charge in [-0.05, 0) is 24.8 Å². The van der Waals surface area contributed by atoms with Gasteiger partial charge in [-0.25, -0.2) is 4.39 Å². The number of hydrogen-bond acceptors (Lipinski definition) is 3. The van der Waals surface area contributed by atoms with Crippen molar-refractivity contribution in [2.75, 3.05) is 39.3 Å². The third-order valence-corrected chi connectivity index (χ3v) is 6.34. The molecule has 0 aromatic heterocycles. The third-order valence-electron chi connectivity index (χ3n) is 6.34. The topological polar surface area (TPSA) is 35.6 Å². The van der Waals surface area contributed by atoms with Crippen LogP contribution in [0.15, 0.2) is 24.3 Å². The number of halogens is 1. The Labute approximate surface area is 176 Å². The number of nitrogens with zero attached hydrogens (tertiary/aromatic N) is 2. The Balaban J connectivity index is 1.86. The fourth-order valence-corrected chi connectivity index (χ4v) is 4.33. The molecule has 1 aliphatic heterocycles. The molecule has 5 heteroatoms. The number of nitrogens with one attached hydrogen (secondary N) is 1. The second kappa shape index (κ2) is 13.0. The van der Waals surface area contributed by atoms with Crippen molar-refractivity contribution in [3.8, 4) is 0 Å². The molecule has 164 valence electrons. The lowest BCUT2D eigenvalue weighted by molar-refractivity contribution is -0.129. The summed E-state index contributed by atoms with van der Waals surface area (Å²) in [6.45, 7) is 11.7. The smallest absolute Gasteiger partial charge is 0.219 e. The van der Waals surface area contributed by atoms with E-state index >= 15 is 0 Å². The van der Waals surface area contributed by atoms with Crippen LogP contribution >= 0.6 is 0 Å². The van der Waals surface area contributed by atoms with Crippen molar-refractivity contribution >= 4 is 5.91 Å². The number of piperazine rings is 1. The number of unbranched alkanes of at least 4 members (excludes halogenated alkanes) is 2. The zero-order valence-electron chi connectivity index (χ0n) is 18.6. The second-order valence-corrected chi connectivity index (χ2v) is 8.32. The van der Waals surface area contributed by atoms with Crippen LogP contribution in [0.4, 0.5) is 4.39 Å². The van der Waals surface area contributed by atoms with E-state index in [0.717, 1.165) is 83.4 Å². The monoisotopic (exact) mass is 405 g/mol. The van der Waals surface area contributed by atoms with E-state index in [4.69, 9.17) is 0 Å². The van der Waals surface area contributed by atoms with Gasteiger partial charge in [-0.3, -0.25) is 9.69 Å². The van der Waals surface area contributed by atoms with Crippen LogP contribution in [0.25, 0.3) is 0 Å². The van der Waals surface area contributed by atoms with Crippen LogP contribution in [0.1, 0.15) is 70.9 Å². The van der Waals surface area contributed by atoms with Gasteiger partial charge in [0.2, 0.25) is 5.91 Å². The molecule has 4 nitrogen and oxygen atoms in total. The average molecular weight is 406 g/mol. The van der Waals surface area contributed by atoms with Gasteiger partial charge >= 0.3 is 0 Å². The number of benzene rings is 1. The zero-order valence-corrected chi connectivity index (χ0v) is 18.6. The summed E-state index contributed by atoms with van der Waals surface area (Å²) in [6.07, 6.45) is 6.35. The molecule has 0 aliphatic carbocycles. The number of carbonyl (C=O) groups excluding carboxylic acids is 1. The Hall–Kier alpha value is -1.46. The molecule has 1 fully saturated rings. The molecule has 1 aromatic carbocycles. The summed E-state index contributed by atoms with van der Waals surface area (Å²) in [6, 6.07) is 7.37. The highest BCUT2D eigenvalue weighted by Gasteiger charge is 2.24. The van der Waals surface area contributed by atoms with Crippen molar-refractivity contribution in [1.29, 1.82) is 0 Å². The van der Waals surface area contributed by atoms with Gasteiger partial charge in [0.25, 0.3) is 0 Å². The first-order chi connectivity index (χ1) is 14.1. The molecule has 29 heavy (non-hydrogen) atoms. The number of rotatable bonds is 12. The van der Waals surface area contributed by atoms with Crippen LogP contribution in [0.2, 0.25) is 0 Å². The minimum absolute atomic E-state index is 0.0936. The van der Waals surface area contributed by atoms with E-state index < -0.39 is 0 Å². The van der Waals surface area contributed by atoms with Crippen LogP contribution in [-0.2, 0) is 4.79 Å². The minimum Gasteiger partial charge on any atom is -0.343 e. The molecule has 1 N–H and O–H groups in total. The first-order valence-corrected chi connectivity index (χ1v) is 11.5. The van der Waals surface area contributed by atoms with Gasteiger partial charge in [0, 0.05) is 57.8 Å². The number of carbonyl (C=O) groups is 1. The Kier molecular flexibility index (Phi) is 10.6. The third kappa shape index (κ3) is 7.71. The van der Waals surface area contributed by atoms with Crippen molar-refractivity contribution in [3.63, 3.8) is 0 Å². The Morgan fingerprint density at radius 2 is 1.83 bits per heavy atom. The summed E-state index contributed by atoms with van der Waals surface area (Å²) in [5.41, 5.74) is 0.827. The van der Waals surface area contributed by atoms with E-state index in [2.05, 4.69) is 24.1 Å². The highest BCUT2D eigenvalue weighted by Crippen LogP contribution is 2.29. The number of amides is 1. The van der Waals surface area contributed by atoms with Gasteiger partial charge in [0.15, 0.2) is 0 Å². The summed E-state index contributed by atoms with van der Waals surface area (Å²) < 4.78 is 14.5. The van der Waals surface area contributed by atoms with Crippen LogP contribution < -0.4 is 5.32 Å². The highest BCUT2D eigenvalue weighted by atomic mass is 19.1. The maximum absolute atomic E-state index is 14.5. The van der Waals surface area contributed by atoms with Gasteiger partial charge in [0.1, 0.15) is 5.82 Å². The van der Waals surface area contributed by atoms with Gasteiger partial charge < -0.3 is 10.2 Å². The van der Waals surface area contributed by atoms with Crippen molar-refractivity contribution in [1.82, 2.24) is 15.1 Å². The van der Waals surface area contributed by atoms with Crippen molar-refractivity contribution < 1.29 is 9.18 Å². The van der Waals surface area contributed by atoms with E-state index in [9.17, 15) is 9.18 Å². The molecule has 1 aromatic rings. The van der Waals surface area contributed by atoms with E-state index in [-0.39, 0.29) is 17.8 Å². The molecule has 0 saturated carbocycles. The lowest BCUT2D eigenvalue weighted by Gasteiger charge is -2.35. The molecule has 1 amide bonds. The van der Waals surface area contributed by atoms with Crippen molar-refractivity contribution in [3.05, 3.63) is 35.6 Å². The summed E-state index contributed by atoms with van der Waals surface area (Å²) in [7, 11) is 0. The molecule has 0 spiro atoms. The van der Waals surface area contributed by atoms with Crippen LogP contribution in [0.3, 0.4) is 0 Å². The summed E-state index contributed by atoms with van der Waals surface area (Å²) >= 11 is 0. The number of hydrogen-bond donors (Lipinski definition) is 1. The van der Waals surface area contributed by atoms with Gasteiger partial charge in [-0.15, -0.1) is 0 Å². The van der Waals surface area contributed by atoms with Gasteiger partial charge in [-0.2, -0.15) is 0 Å². The van der Waals surface area contributed by atoms with Crippen molar-refractivity contribution in [2.45, 2.75) is 65.3 Å². The highest BCUT2D eigenvalue weighted by molar-refractivity contribution is 5.73. The molecule has 1 heterocycles. The van der Waals surface area contributed by atoms with E-state index in [0.29, 0.717) is 5.92 Å². The molecule has 1 unspecified atom stereocenters. The van der Waals surface area contributed by atoms with Crippen LogP contribution in [0, 0.1) is 11.7 Å². The largest absolute Gasteiger partial charge is 0.343 e. The standard InChI is InChI=1S/C24H40FN3O/c1-4-21(5-2)19-28(20(3)29)16-10-6-7-13-24(27-17-14-26-15-18-27)22-11-8-9-12-23(22)25/h8-9,11-12,21,24,26H,4-7,10,13-19H2,1-3H3. The quantitative estimate of drug-likeness (QED) is 0.516. The maximum atomic E-state index is 14.5. The molecular weight excluding hydrogens is 365 g/mol. The molecule has 2 rings (SSSR count). The lowest BCUT2D eigenvalue weighted by Crippen LogP contribution is -2.45. The zero-order chi connectivity index (χ0) is 21.1. The minimum atomic E-state index is -0.0936. The normalized spacial score (nSPS) is 16.2. The molecule has 0 bridgehead atoms. The van der Waals surface area contributed by atoms with E-state index in [1.54, 1.807) is 19.1 Å².